The van der Waals surface area contributed by atoms with Crippen LogP contribution in [0.3, 0.4) is 0 Å². The van der Waals surface area contributed by atoms with Crippen molar-refractivity contribution in [3.8, 4) is 22.8 Å². The number of fused-ring (bicyclic) bond motifs is 1. The molecule has 0 aliphatic rings. The predicted octanol–water partition coefficient (Wildman–Crippen LogP) is 5.23. The first-order valence-electron chi connectivity index (χ1n) is 11.1. The van der Waals surface area contributed by atoms with Crippen LogP contribution >= 0.6 is 0 Å². The maximum Gasteiger partial charge on any atom is 0.265 e. The lowest BCUT2D eigenvalue weighted by Crippen LogP contribution is -2.30. The average molecular weight is 445 g/mol. The van der Waals surface area contributed by atoms with Crippen molar-refractivity contribution in [3.63, 3.8) is 0 Å². The molecule has 2 heterocycles. The van der Waals surface area contributed by atoms with Gasteiger partial charge in [-0.1, -0.05) is 30.3 Å². The molecule has 33 heavy (non-hydrogen) atoms. The summed E-state index contributed by atoms with van der Waals surface area (Å²) in [6, 6.07) is 19.2. The van der Waals surface area contributed by atoms with Crippen molar-refractivity contribution in [1.82, 2.24) is 14.8 Å². The van der Waals surface area contributed by atoms with E-state index >= 15 is 0 Å². The molecular formula is C26H28N4O3. The van der Waals surface area contributed by atoms with E-state index in [1.54, 1.807) is 19.1 Å². The minimum Gasteiger partial charge on any atom is -0.494 e. The minimum absolute atomic E-state index is 0.262. The first-order valence-corrected chi connectivity index (χ1v) is 11.1. The third-order valence-corrected chi connectivity index (χ3v) is 5.34. The standard InChI is InChI=1S/C26H28N4O3/c1-5-30-25-24(17(3)29-30)22(19-10-8-7-9-11-19)16-23(28-25)33-18(4)26(31)27-20-12-14-21(15-13-20)32-6-2/h7-16,18H,5-6H2,1-4H3,(H,27,31)/t18-/m1/s1. The number of carbonyl (C=O) groups excluding carboxylic acids is 1. The summed E-state index contributed by atoms with van der Waals surface area (Å²) >= 11 is 0. The molecule has 0 radical (unpaired) electrons. The smallest absolute Gasteiger partial charge is 0.265 e. The number of ether oxygens (including phenoxy) is 2. The van der Waals surface area contributed by atoms with Gasteiger partial charge in [-0.15, -0.1) is 0 Å². The first-order chi connectivity index (χ1) is 16.0. The Bertz CT molecular complexity index is 1250. The number of rotatable bonds is 8. The molecule has 0 aliphatic carbocycles. The Balaban J connectivity index is 1.60. The van der Waals surface area contributed by atoms with Gasteiger partial charge in [0, 0.05) is 18.3 Å². The number of nitrogens with one attached hydrogen (secondary N) is 1. The summed E-state index contributed by atoms with van der Waals surface area (Å²) in [7, 11) is 0. The summed E-state index contributed by atoms with van der Waals surface area (Å²) in [6.45, 7) is 8.92. The van der Waals surface area contributed by atoms with Gasteiger partial charge in [0.15, 0.2) is 11.8 Å². The van der Waals surface area contributed by atoms with E-state index in [1.165, 1.54) is 0 Å². The third kappa shape index (κ3) is 4.82. The second-order valence-electron chi connectivity index (χ2n) is 7.68. The summed E-state index contributed by atoms with van der Waals surface area (Å²) in [5.41, 5.74) is 4.34. The first kappa shape index (κ1) is 22.3. The number of aryl methyl sites for hydroxylation is 2. The van der Waals surface area contributed by atoms with Crippen LogP contribution in [0.4, 0.5) is 5.69 Å². The highest BCUT2D eigenvalue weighted by Crippen LogP contribution is 2.33. The monoisotopic (exact) mass is 444 g/mol. The second-order valence-corrected chi connectivity index (χ2v) is 7.68. The van der Waals surface area contributed by atoms with Crippen LogP contribution in [0.2, 0.25) is 0 Å². The van der Waals surface area contributed by atoms with Gasteiger partial charge in [0.1, 0.15) is 5.75 Å². The Morgan fingerprint density at radius 3 is 2.48 bits per heavy atom. The van der Waals surface area contributed by atoms with Gasteiger partial charge in [-0.3, -0.25) is 4.79 Å². The van der Waals surface area contributed by atoms with Gasteiger partial charge >= 0.3 is 0 Å². The van der Waals surface area contributed by atoms with Crippen LogP contribution in [0.25, 0.3) is 22.2 Å². The lowest BCUT2D eigenvalue weighted by molar-refractivity contribution is -0.122. The SMILES string of the molecule is CCOc1ccc(NC(=O)[C@@H](C)Oc2cc(-c3ccccc3)c3c(C)nn(CC)c3n2)cc1. The lowest BCUT2D eigenvalue weighted by Gasteiger charge is -2.16. The molecule has 0 aliphatic heterocycles. The Morgan fingerprint density at radius 1 is 1.09 bits per heavy atom. The molecule has 0 unspecified atom stereocenters. The zero-order valence-electron chi connectivity index (χ0n) is 19.3. The minimum atomic E-state index is -0.746. The van der Waals surface area contributed by atoms with Crippen LogP contribution in [0, 0.1) is 6.92 Å². The number of carbonyl (C=O) groups is 1. The number of anilines is 1. The van der Waals surface area contributed by atoms with Gasteiger partial charge in [0.2, 0.25) is 5.88 Å². The zero-order chi connectivity index (χ0) is 23.4. The van der Waals surface area contributed by atoms with E-state index in [4.69, 9.17) is 14.5 Å². The number of pyridine rings is 1. The molecule has 1 N–H and O–H groups in total. The van der Waals surface area contributed by atoms with Crippen molar-refractivity contribution in [2.75, 3.05) is 11.9 Å². The number of amides is 1. The van der Waals surface area contributed by atoms with E-state index in [0.29, 0.717) is 24.7 Å². The number of hydrogen-bond donors (Lipinski definition) is 1. The van der Waals surface area contributed by atoms with Crippen LogP contribution in [0.15, 0.2) is 60.7 Å². The molecule has 2 aromatic heterocycles. The number of benzene rings is 2. The van der Waals surface area contributed by atoms with Gasteiger partial charge in [-0.05, 0) is 63.1 Å². The summed E-state index contributed by atoms with van der Waals surface area (Å²) in [6.07, 6.45) is -0.746. The topological polar surface area (TPSA) is 78.3 Å². The highest BCUT2D eigenvalue weighted by molar-refractivity contribution is 5.96. The Morgan fingerprint density at radius 2 is 1.82 bits per heavy atom. The van der Waals surface area contributed by atoms with Crippen molar-refractivity contribution in [2.45, 2.75) is 40.3 Å². The normalized spacial score (nSPS) is 11.9. The van der Waals surface area contributed by atoms with Gasteiger partial charge in [-0.2, -0.15) is 10.1 Å². The summed E-state index contributed by atoms with van der Waals surface area (Å²) < 4.78 is 13.3. The molecule has 170 valence electrons. The van der Waals surface area contributed by atoms with Crippen LogP contribution in [-0.4, -0.2) is 33.4 Å². The predicted molar refractivity (Wildman–Crippen MR) is 130 cm³/mol. The van der Waals surface area contributed by atoms with Crippen LogP contribution < -0.4 is 14.8 Å². The molecule has 4 aromatic rings. The third-order valence-electron chi connectivity index (χ3n) is 5.34. The molecular weight excluding hydrogens is 416 g/mol. The molecule has 7 heteroatoms. The summed E-state index contributed by atoms with van der Waals surface area (Å²) in [4.78, 5) is 17.5. The molecule has 0 bridgehead atoms. The number of nitrogens with zero attached hydrogens (tertiary/aromatic N) is 3. The summed E-state index contributed by atoms with van der Waals surface area (Å²) in [5.74, 6) is 0.876. The van der Waals surface area contributed by atoms with Gasteiger partial charge < -0.3 is 14.8 Å². The molecule has 0 saturated heterocycles. The van der Waals surface area contributed by atoms with E-state index in [0.717, 1.165) is 33.6 Å². The fourth-order valence-electron chi connectivity index (χ4n) is 3.74. The molecule has 0 fully saturated rings. The zero-order valence-corrected chi connectivity index (χ0v) is 19.3. The molecule has 1 amide bonds. The number of hydrogen-bond acceptors (Lipinski definition) is 5. The largest absolute Gasteiger partial charge is 0.494 e. The second kappa shape index (κ2) is 9.73. The molecule has 4 rings (SSSR count). The fourth-order valence-corrected chi connectivity index (χ4v) is 3.74. The van der Waals surface area contributed by atoms with Crippen molar-refractivity contribution in [3.05, 3.63) is 66.4 Å². The number of aromatic nitrogens is 3. The highest BCUT2D eigenvalue weighted by atomic mass is 16.5. The van der Waals surface area contributed by atoms with E-state index in [9.17, 15) is 4.79 Å². The van der Waals surface area contributed by atoms with E-state index < -0.39 is 6.10 Å². The van der Waals surface area contributed by atoms with Crippen LogP contribution in [-0.2, 0) is 11.3 Å². The van der Waals surface area contributed by atoms with E-state index in [1.807, 2.05) is 74.0 Å². The molecule has 1 atom stereocenters. The van der Waals surface area contributed by atoms with E-state index in [-0.39, 0.29) is 5.91 Å². The molecule has 7 nitrogen and oxygen atoms in total. The molecule has 0 saturated carbocycles. The van der Waals surface area contributed by atoms with E-state index in [2.05, 4.69) is 10.4 Å². The molecule has 0 spiro atoms. The van der Waals surface area contributed by atoms with Crippen LogP contribution in [0.1, 0.15) is 26.5 Å². The van der Waals surface area contributed by atoms with Gasteiger partial charge in [0.05, 0.1) is 17.7 Å². The summed E-state index contributed by atoms with van der Waals surface area (Å²) in [5, 5.41) is 8.50. The molecule has 2 aromatic carbocycles. The quantitative estimate of drug-likeness (QED) is 0.403. The maximum absolute atomic E-state index is 12.8. The Labute approximate surface area is 193 Å². The van der Waals surface area contributed by atoms with Crippen molar-refractivity contribution in [2.24, 2.45) is 0 Å². The van der Waals surface area contributed by atoms with Crippen molar-refractivity contribution < 1.29 is 14.3 Å². The lowest BCUT2D eigenvalue weighted by atomic mass is 10.0. The Hall–Kier alpha value is -3.87. The van der Waals surface area contributed by atoms with Gasteiger partial charge in [-0.25, -0.2) is 4.68 Å². The maximum atomic E-state index is 12.8. The highest BCUT2D eigenvalue weighted by Gasteiger charge is 2.20. The average Bonchev–Trinajstić information content (AvgIpc) is 3.16. The van der Waals surface area contributed by atoms with Crippen LogP contribution in [0.5, 0.6) is 11.6 Å². The fraction of sp³-hybridized carbons (Fsp3) is 0.269. The van der Waals surface area contributed by atoms with Gasteiger partial charge in [0.25, 0.3) is 5.91 Å². The Kier molecular flexibility index (Phi) is 6.58. The van der Waals surface area contributed by atoms with Crippen molar-refractivity contribution >= 4 is 22.6 Å². The van der Waals surface area contributed by atoms with Crippen molar-refractivity contribution in [1.29, 1.82) is 0 Å².